The second kappa shape index (κ2) is 8.71. The van der Waals surface area contributed by atoms with E-state index in [0.717, 1.165) is 5.56 Å². The van der Waals surface area contributed by atoms with Crippen molar-refractivity contribution in [2.45, 2.75) is 30.8 Å². The molecule has 0 spiro atoms. The van der Waals surface area contributed by atoms with Crippen molar-refractivity contribution < 1.29 is 30.3 Å². The number of carbonyl (C=O) groups is 1. The Morgan fingerprint density at radius 2 is 1.67 bits per heavy atom. The topological polar surface area (TPSA) is 130 Å². The molecule has 0 heterocycles. The summed E-state index contributed by atoms with van der Waals surface area (Å²) in [5.74, 6) is -0.859. The van der Waals surface area contributed by atoms with Crippen LogP contribution in [0, 0.1) is 0 Å². The first kappa shape index (κ1) is 17.5. The molecular weight excluding hydrogens is 278 g/mol. The molecule has 0 bridgehead atoms. The van der Waals surface area contributed by atoms with Gasteiger partial charge in [-0.2, -0.15) is 0 Å². The summed E-state index contributed by atoms with van der Waals surface area (Å²) in [6, 6.07) is 9.37. The van der Waals surface area contributed by atoms with Gasteiger partial charge in [-0.1, -0.05) is 30.3 Å². The average molecular weight is 299 g/mol. The van der Waals surface area contributed by atoms with Crippen LogP contribution in [0.15, 0.2) is 30.3 Å². The number of nitrogens with one attached hydrogen (secondary N) is 1. The minimum atomic E-state index is -1.89. The second-order valence-electron chi connectivity index (χ2n) is 4.70. The molecule has 0 radical (unpaired) electrons. The van der Waals surface area contributed by atoms with Crippen LogP contribution in [0.3, 0.4) is 0 Å². The van der Waals surface area contributed by atoms with Crippen molar-refractivity contribution in [3.63, 3.8) is 0 Å². The fourth-order valence-electron chi connectivity index (χ4n) is 1.76. The Balaban J connectivity index is 2.40. The van der Waals surface area contributed by atoms with Crippen molar-refractivity contribution in [1.29, 1.82) is 0 Å². The highest BCUT2D eigenvalue weighted by Gasteiger charge is 2.33. The number of rotatable bonds is 8. The molecule has 4 atom stereocenters. The second-order valence-corrected chi connectivity index (χ2v) is 4.70. The van der Waals surface area contributed by atoms with E-state index in [1.807, 2.05) is 30.3 Å². The van der Waals surface area contributed by atoms with Gasteiger partial charge in [-0.05, 0) is 12.0 Å². The van der Waals surface area contributed by atoms with E-state index in [1.165, 1.54) is 0 Å². The minimum absolute atomic E-state index is 0.255. The van der Waals surface area contributed by atoms with Crippen LogP contribution >= 0.6 is 0 Å². The quantitative estimate of drug-likeness (QED) is 0.322. The van der Waals surface area contributed by atoms with E-state index < -0.39 is 36.9 Å². The summed E-state index contributed by atoms with van der Waals surface area (Å²) >= 11 is 0. The average Bonchev–Trinajstić information content (AvgIpc) is 2.52. The highest BCUT2D eigenvalue weighted by Crippen LogP contribution is 2.05. The number of hydrogen-bond donors (Lipinski definition) is 6. The molecule has 7 nitrogen and oxygen atoms in total. The Labute approximate surface area is 122 Å². The molecule has 1 amide bonds. The van der Waals surface area contributed by atoms with Crippen molar-refractivity contribution in [2.24, 2.45) is 0 Å². The molecule has 1 aromatic carbocycles. The van der Waals surface area contributed by atoms with Gasteiger partial charge in [0.1, 0.15) is 18.3 Å². The number of carbonyl (C=O) groups excluding carboxylic acids is 1. The van der Waals surface area contributed by atoms with Crippen LogP contribution in [0.4, 0.5) is 0 Å². The SMILES string of the molecule is O=C(NCCc1ccccc1)[C@@H](O)[C@@H](O)[C@H](O)[C@@H](O)CO. The molecule has 0 unspecified atom stereocenters. The highest BCUT2D eigenvalue weighted by atomic mass is 16.4. The third-order valence-corrected chi connectivity index (χ3v) is 3.08. The molecule has 0 saturated heterocycles. The zero-order valence-corrected chi connectivity index (χ0v) is 11.5. The molecule has 118 valence electrons. The minimum Gasteiger partial charge on any atom is -0.394 e. The first-order valence-corrected chi connectivity index (χ1v) is 6.62. The lowest BCUT2D eigenvalue weighted by atomic mass is 10.0. The van der Waals surface area contributed by atoms with Gasteiger partial charge in [0.15, 0.2) is 6.10 Å². The van der Waals surface area contributed by atoms with Crippen molar-refractivity contribution in [2.75, 3.05) is 13.2 Å². The summed E-state index contributed by atoms with van der Waals surface area (Å²) < 4.78 is 0. The molecule has 0 aliphatic carbocycles. The van der Waals surface area contributed by atoms with Gasteiger partial charge in [-0.15, -0.1) is 0 Å². The van der Waals surface area contributed by atoms with Gasteiger partial charge in [0.2, 0.25) is 0 Å². The lowest BCUT2D eigenvalue weighted by molar-refractivity contribution is -0.148. The monoisotopic (exact) mass is 299 g/mol. The molecular formula is C14H21NO6. The Hall–Kier alpha value is -1.51. The number of amides is 1. The number of hydrogen-bond acceptors (Lipinski definition) is 6. The standard InChI is InChI=1S/C14H21NO6/c16-8-10(17)11(18)12(19)13(20)14(21)15-7-6-9-4-2-1-3-5-9/h1-5,10-13,16-20H,6-8H2,(H,15,21)/t10-,11+,12-,13-/m0/s1. The van der Waals surface area contributed by atoms with Crippen LogP contribution in [0.1, 0.15) is 5.56 Å². The van der Waals surface area contributed by atoms with Gasteiger partial charge < -0.3 is 30.8 Å². The molecule has 0 aliphatic heterocycles. The first-order valence-electron chi connectivity index (χ1n) is 6.62. The summed E-state index contributed by atoms with van der Waals surface area (Å²) in [6.45, 7) is -0.536. The molecule has 21 heavy (non-hydrogen) atoms. The van der Waals surface area contributed by atoms with E-state index in [1.54, 1.807) is 0 Å². The van der Waals surface area contributed by atoms with Crippen LogP contribution in [0.25, 0.3) is 0 Å². The number of benzene rings is 1. The molecule has 0 fully saturated rings. The Kier molecular flexibility index (Phi) is 7.27. The van der Waals surface area contributed by atoms with Crippen LogP contribution in [0.5, 0.6) is 0 Å². The van der Waals surface area contributed by atoms with Crippen molar-refractivity contribution in [3.8, 4) is 0 Å². The van der Waals surface area contributed by atoms with Gasteiger partial charge in [-0.3, -0.25) is 4.79 Å². The smallest absolute Gasteiger partial charge is 0.251 e. The van der Waals surface area contributed by atoms with Gasteiger partial charge in [0.25, 0.3) is 5.91 Å². The summed E-state index contributed by atoms with van der Waals surface area (Å²) in [5.41, 5.74) is 1.00. The summed E-state index contributed by atoms with van der Waals surface area (Å²) in [4.78, 5) is 11.6. The molecule has 6 N–H and O–H groups in total. The fourth-order valence-corrected chi connectivity index (χ4v) is 1.76. The van der Waals surface area contributed by atoms with E-state index in [4.69, 9.17) is 10.2 Å². The molecule has 0 aromatic heterocycles. The molecule has 1 rings (SSSR count). The Bertz CT molecular complexity index is 427. The molecule has 0 aliphatic rings. The Morgan fingerprint density at radius 1 is 1.05 bits per heavy atom. The maximum atomic E-state index is 11.6. The van der Waals surface area contributed by atoms with Gasteiger partial charge in [-0.25, -0.2) is 0 Å². The third kappa shape index (κ3) is 5.41. The zero-order chi connectivity index (χ0) is 15.8. The molecule has 0 saturated carbocycles. The molecule has 1 aromatic rings. The van der Waals surface area contributed by atoms with Gasteiger partial charge in [0.05, 0.1) is 6.61 Å². The van der Waals surface area contributed by atoms with E-state index in [-0.39, 0.29) is 6.54 Å². The van der Waals surface area contributed by atoms with Crippen LogP contribution < -0.4 is 5.32 Å². The lowest BCUT2D eigenvalue weighted by Gasteiger charge is -2.24. The fraction of sp³-hybridized carbons (Fsp3) is 0.500. The predicted molar refractivity (Wildman–Crippen MR) is 74.3 cm³/mol. The van der Waals surface area contributed by atoms with Crippen LogP contribution in [-0.2, 0) is 11.2 Å². The number of aliphatic hydroxyl groups excluding tert-OH is 5. The predicted octanol–water partition coefficient (Wildman–Crippen LogP) is -2.22. The largest absolute Gasteiger partial charge is 0.394 e. The lowest BCUT2D eigenvalue weighted by Crippen LogP contribution is -2.51. The van der Waals surface area contributed by atoms with E-state index in [9.17, 15) is 20.1 Å². The van der Waals surface area contributed by atoms with Gasteiger partial charge >= 0.3 is 0 Å². The maximum Gasteiger partial charge on any atom is 0.251 e. The Morgan fingerprint density at radius 3 is 2.24 bits per heavy atom. The van der Waals surface area contributed by atoms with Crippen LogP contribution in [0.2, 0.25) is 0 Å². The summed E-state index contributed by atoms with van der Waals surface area (Å²) in [7, 11) is 0. The summed E-state index contributed by atoms with van der Waals surface area (Å²) in [6.07, 6.45) is -6.67. The van der Waals surface area contributed by atoms with Crippen molar-refractivity contribution in [1.82, 2.24) is 5.32 Å². The first-order chi connectivity index (χ1) is 9.97. The third-order valence-electron chi connectivity index (χ3n) is 3.08. The van der Waals surface area contributed by atoms with E-state index in [2.05, 4.69) is 5.32 Å². The van der Waals surface area contributed by atoms with Crippen LogP contribution in [-0.4, -0.2) is 69.0 Å². The molecule has 7 heteroatoms. The highest BCUT2D eigenvalue weighted by molar-refractivity contribution is 5.81. The number of aliphatic hydroxyl groups is 5. The van der Waals surface area contributed by atoms with Crippen molar-refractivity contribution >= 4 is 5.91 Å². The van der Waals surface area contributed by atoms with E-state index >= 15 is 0 Å². The zero-order valence-electron chi connectivity index (χ0n) is 11.5. The maximum absolute atomic E-state index is 11.6. The van der Waals surface area contributed by atoms with Crippen molar-refractivity contribution in [3.05, 3.63) is 35.9 Å². The summed E-state index contributed by atoms with van der Waals surface area (Å²) in [5, 5.41) is 48.7. The normalized spacial score (nSPS) is 16.8. The van der Waals surface area contributed by atoms with Gasteiger partial charge in [0, 0.05) is 6.54 Å². The van der Waals surface area contributed by atoms with E-state index in [0.29, 0.717) is 6.42 Å².